The fourth-order valence-corrected chi connectivity index (χ4v) is 3.58. The summed E-state index contributed by atoms with van der Waals surface area (Å²) in [6, 6.07) is 3.56. The SMILES string of the molecule is CCOc1cc(Br)c(/C=C2/SC(=O)N(CCCOC)C2=O)cc1OC. The lowest BCUT2D eigenvalue weighted by atomic mass is 10.2. The quantitative estimate of drug-likeness (QED) is 0.460. The van der Waals surface area contributed by atoms with Crippen LogP contribution in [-0.4, -0.2) is 50.0 Å². The van der Waals surface area contributed by atoms with E-state index in [2.05, 4.69) is 15.9 Å². The molecule has 0 bridgehead atoms. The van der Waals surface area contributed by atoms with E-state index in [1.54, 1.807) is 32.4 Å². The number of hydrogen-bond donors (Lipinski definition) is 0. The van der Waals surface area contributed by atoms with Gasteiger partial charge in [-0.15, -0.1) is 0 Å². The molecule has 1 heterocycles. The third-order valence-electron chi connectivity index (χ3n) is 3.47. The van der Waals surface area contributed by atoms with Gasteiger partial charge in [-0.05, 0) is 48.9 Å². The van der Waals surface area contributed by atoms with E-state index in [1.807, 2.05) is 6.92 Å². The molecule has 0 unspecified atom stereocenters. The zero-order valence-corrected chi connectivity index (χ0v) is 16.7. The van der Waals surface area contributed by atoms with E-state index in [0.717, 1.165) is 21.8 Å². The van der Waals surface area contributed by atoms with Crippen molar-refractivity contribution in [1.29, 1.82) is 0 Å². The highest BCUT2D eigenvalue weighted by Crippen LogP contribution is 2.38. The summed E-state index contributed by atoms with van der Waals surface area (Å²) in [4.78, 5) is 26.1. The van der Waals surface area contributed by atoms with Gasteiger partial charge in [0.2, 0.25) is 0 Å². The molecule has 8 heteroatoms. The van der Waals surface area contributed by atoms with Gasteiger partial charge in [0.25, 0.3) is 11.1 Å². The maximum Gasteiger partial charge on any atom is 0.293 e. The Morgan fingerprint density at radius 2 is 2.00 bits per heavy atom. The molecule has 0 radical (unpaired) electrons. The van der Waals surface area contributed by atoms with Crippen molar-refractivity contribution in [3.63, 3.8) is 0 Å². The average Bonchev–Trinajstić information content (AvgIpc) is 2.85. The maximum absolute atomic E-state index is 12.5. The molecule has 0 atom stereocenters. The number of hydrogen-bond acceptors (Lipinski definition) is 6. The van der Waals surface area contributed by atoms with Gasteiger partial charge in [0.05, 0.1) is 18.6 Å². The standard InChI is InChI=1S/C17H20BrNO5S/c1-4-24-14-10-12(18)11(8-13(14)23-3)9-15-16(20)19(17(21)25-15)6-5-7-22-2/h8-10H,4-7H2,1-3H3/b15-9+. The number of ether oxygens (including phenoxy) is 3. The Bertz CT molecular complexity index is 692. The van der Waals surface area contributed by atoms with Crippen molar-refractivity contribution in [2.45, 2.75) is 13.3 Å². The molecule has 25 heavy (non-hydrogen) atoms. The van der Waals surface area contributed by atoms with Gasteiger partial charge in [-0.1, -0.05) is 15.9 Å². The Morgan fingerprint density at radius 3 is 2.64 bits per heavy atom. The number of halogens is 1. The predicted octanol–water partition coefficient (Wildman–Crippen LogP) is 3.93. The van der Waals surface area contributed by atoms with Gasteiger partial charge in [0, 0.05) is 24.7 Å². The van der Waals surface area contributed by atoms with E-state index < -0.39 is 0 Å². The number of carbonyl (C=O) groups excluding carboxylic acids is 2. The van der Waals surface area contributed by atoms with Gasteiger partial charge in [0.1, 0.15) is 0 Å². The number of methoxy groups -OCH3 is 2. The lowest BCUT2D eigenvalue weighted by molar-refractivity contribution is -0.122. The topological polar surface area (TPSA) is 65.1 Å². The first kappa shape index (κ1) is 19.8. The summed E-state index contributed by atoms with van der Waals surface area (Å²) < 4.78 is 16.6. The Labute approximate surface area is 159 Å². The molecule has 0 spiro atoms. The van der Waals surface area contributed by atoms with Crippen LogP contribution in [0.15, 0.2) is 21.5 Å². The molecule has 0 saturated carbocycles. The Balaban J connectivity index is 2.25. The molecule has 1 aromatic rings. The van der Waals surface area contributed by atoms with Crippen molar-refractivity contribution in [3.8, 4) is 11.5 Å². The fraction of sp³-hybridized carbons (Fsp3) is 0.412. The molecule has 136 valence electrons. The van der Waals surface area contributed by atoms with Gasteiger partial charge in [0.15, 0.2) is 11.5 Å². The Hall–Kier alpha value is -1.51. The van der Waals surface area contributed by atoms with Crippen LogP contribution in [0.3, 0.4) is 0 Å². The van der Waals surface area contributed by atoms with Crippen LogP contribution in [0.1, 0.15) is 18.9 Å². The van der Waals surface area contributed by atoms with Crippen molar-refractivity contribution >= 4 is 44.9 Å². The maximum atomic E-state index is 12.5. The molecule has 1 fully saturated rings. The monoisotopic (exact) mass is 429 g/mol. The molecule has 2 amide bonds. The van der Waals surface area contributed by atoms with Crippen molar-refractivity contribution in [2.24, 2.45) is 0 Å². The average molecular weight is 430 g/mol. The first-order chi connectivity index (χ1) is 12.0. The third-order valence-corrected chi connectivity index (χ3v) is 5.07. The number of nitrogens with zero attached hydrogens (tertiary/aromatic N) is 1. The minimum Gasteiger partial charge on any atom is -0.493 e. The molecular weight excluding hydrogens is 410 g/mol. The zero-order chi connectivity index (χ0) is 18.4. The lowest BCUT2D eigenvalue weighted by Crippen LogP contribution is -2.29. The van der Waals surface area contributed by atoms with Crippen LogP contribution in [0, 0.1) is 0 Å². The van der Waals surface area contributed by atoms with Crippen LogP contribution < -0.4 is 9.47 Å². The Morgan fingerprint density at radius 1 is 1.24 bits per heavy atom. The second kappa shape index (κ2) is 9.26. The minimum atomic E-state index is -0.286. The number of imide groups is 1. The predicted molar refractivity (Wildman–Crippen MR) is 101 cm³/mol. The molecule has 0 aliphatic carbocycles. The molecule has 1 aliphatic rings. The molecular formula is C17H20BrNO5S. The van der Waals surface area contributed by atoms with Crippen molar-refractivity contribution in [3.05, 3.63) is 27.1 Å². The van der Waals surface area contributed by atoms with Crippen LogP contribution in [0.25, 0.3) is 6.08 Å². The summed E-state index contributed by atoms with van der Waals surface area (Å²) in [6.07, 6.45) is 2.30. The summed E-state index contributed by atoms with van der Waals surface area (Å²) in [7, 11) is 3.14. The molecule has 6 nitrogen and oxygen atoms in total. The van der Waals surface area contributed by atoms with Crippen LogP contribution in [0.2, 0.25) is 0 Å². The molecule has 2 rings (SSSR count). The highest BCUT2D eigenvalue weighted by molar-refractivity contribution is 9.10. The van der Waals surface area contributed by atoms with Crippen LogP contribution in [0.4, 0.5) is 4.79 Å². The van der Waals surface area contributed by atoms with Crippen molar-refractivity contribution in [2.75, 3.05) is 34.0 Å². The van der Waals surface area contributed by atoms with E-state index in [0.29, 0.717) is 42.6 Å². The molecule has 0 aromatic heterocycles. The smallest absolute Gasteiger partial charge is 0.293 e. The fourth-order valence-electron chi connectivity index (χ4n) is 2.29. The second-order valence-corrected chi connectivity index (χ2v) is 6.98. The van der Waals surface area contributed by atoms with Gasteiger partial charge < -0.3 is 14.2 Å². The highest BCUT2D eigenvalue weighted by atomic mass is 79.9. The normalized spacial score (nSPS) is 16.0. The Kier molecular flexibility index (Phi) is 7.34. The van der Waals surface area contributed by atoms with Gasteiger partial charge >= 0.3 is 0 Å². The molecule has 0 N–H and O–H groups in total. The van der Waals surface area contributed by atoms with Crippen molar-refractivity contribution in [1.82, 2.24) is 4.90 Å². The number of thioether (sulfide) groups is 1. The third kappa shape index (κ3) is 4.77. The zero-order valence-electron chi connectivity index (χ0n) is 14.3. The molecule has 1 saturated heterocycles. The summed E-state index contributed by atoms with van der Waals surface area (Å²) in [5, 5.41) is -0.263. The molecule has 1 aromatic carbocycles. The van der Waals surface area contributed by atoms with Gasteiger partial charge in [-0.2, -0.15) is 0 Å². The number of amides is 2. The van der Waals surface area contributed by atoms with E-state index in [1.165, 1.54) is 4.90 Å². The van der Waals surface area contributed by atoms with Crippen LogP contribution in [0.5, 0.6) is 11.5 Å². The van der Waals surface area contributed by atoms with Crippen LogP contribution in [-0.2, 0) is 9.53 Å². The van der Waals surface area contributed by atoms with E-state index >= 15 is 0 Å². The van der Waals surface area contributed by atoms with Gasteiger partial charge in [-0.3, -0.25) is 14.5 Å². The molecule has 1 aliphatic heterocycles. The summed E-state index contributed by atoms with van der Waals surface area (Å²) in [6.45, 7) is 3.26. The van der Waals surface area contributed by atoms with Gasteiger partial charge in [-0.25, -0.2) is 0 Å². The van der Waals surface area contributed by atoms with E-state index in [9.17, 15) is 9.59 Å². The summed E-state index contributed by atoms with van der Waals surface area (Å²) >= 11 is 4.41. The number of benzene rings is 1. The second-order valence-electron chi connectivity index (χ2n) is 5.14. The van der Waals surface area contributed by atoms with E-state index in [4.69, 9.17) is 14.2 Å². The number of carbonyl (C=O) groups is 2. The first-order valence-electron chi connectivity index (χ1n) is 7.76. The lowest BCUT2D eigenvalue weighted by Gasteiger charge is -2.12. The van der Waals surface area contributed by atoms with Crippen molar-refractivity contribution < 1.29 is 23.8 Å². The number of rotatable bonds is 8. The summed E-state index contributed by atoms with van der Waals surface area (Å²) in [5.74, 6) is 0.892. The largest absolute Gasteiger partial charge is 0.493 e. The highest BCUT2D eigenvalue weighted by Gasteiger charge is 2.34. The summed E-state index contributed by atoms with van der Waals surface area (Å²) in [5.41, 5.74) is 0.739. The van der Waals surface area contributed by atoms with E-state index in [-0.39, 0.29) is 11.1 Å². The first-order valence-corrected chi connectivity index (χ1v) is 9.37. The minimum absolute atomic E-state index is 0.263. The van der Waals surface area contributed by atoms with Crippen LogP contribution >= 0.6 is 27.7 Å².